The minimum atomic E-state index is 0.485. The Morgan fingerprint density at radius 3 is 2.68 bits per heavy atom. The van der Waals surface area contributed by atoms with Crippen LogP contribution >= 0.6 is 0 Å². The summed E-state index contributed by atoms with van der Waals surface area (Å²) in [5.41, 5.74) is 2.95. The summed E-state index contributed by atoms with van der Waals surface area (Å²) in [6.07, 6.45) is 1.48. The molecule has 4 rings (SSSR count). The summed E-state index contributed by atoms with van der Waals surface area (Å²) >= 11 is 0. The number of imidazole rings is 1. The zero-order valence-electron chi connectivity index (χ0n) is 14.0. The maximum atomic E-state index is 5.74. The minimum Gasteiger partial charge on any atom is -0.439 e. The Morgan fingerprint density at radius 2 is 1.84 bits per heavy atom. The Kier molecular flexibility index (Phi) is 3.78. The zero-order chi connectivity index (χ0) is 17.2. The van der Waals surface area contributed by atoms with Crippen LogP contribution in [-0.4, -0.2) is 19.5 Å². The zero-order valence-corrected chi connectivity index (χ0v) is 14.0. The number of benzene rings is 2. The van der Waals surface area contributed by atoms with E-state index >= 15 is 0 Å². The molecule has 6 nitrogen and oxygen atoms in total. The van der Waals surface area contributed by atoms with E-state index in [1.165, 1.54) is 6.33 Å². The molecule has 0 unspecified atom stereocenters. The second kappa shape index (κ2) is 6.24. The van der Waals surface area contributed by atoms with Crippen LogP contribution in [0.5, 0.6) is 11.6 Å². The first-order chi connectivity index (χ1) is 12.2. The molecule has 0 saturated heterocycles. The Balaban J connectivity index is 1.57. The van der Waals surface area contributed by atoms with E-state index in [9.17, 15) is 0 Å². The van der Waals surface area contributed by atoms with Gasteiger partial charge in [0.05, 0.1) is 11.0 Å². The quantitative estimate of drug-likeness (QED) is 0.607. The lowest BCUT2D eigenvalue weighted by Crippen LogP contribution is -1.96. The smallest absolute Gasteiger partial charge is 0.224 e. The molecule has 1 N–H and O–H groups in total. The average molecular weight is 331 g/mol. The summed E-state index contributed by atoms with van der Waals surface area (Å²) in [5, 5.41) is 3.27. The van der Waals surface area contributed by atoms with Crippen LogP contribution in [0.15, 0.2) is 60.9 Å². The first kappa shape index (κ1) is 15.1. The number of aromatic nitrogens is 4. The van der Waals surface area contributed by atoms with Crippen molar-refractivity contribution < 1.29 is 4.74 Å². The number of nitrogens with one attached hydrogen (secondary N) is 1. The molecule has 25 heavy (non-hydrogen) atoms. The van der Waals surface area contributed by atoms with Crippen molar-refractivity contribution >= 4 is 22.5 Å². The van der Waals surface area contributed by atoms with Crippen molar-refractivity contribution in [3.8, 4) is 11.6 Å². The summed E-state index contributed by atoms with van der Waals surface area (Å²) in [6, 6.07) is 17.3. The van der Waals surface area contributed by atoms with E-state index in [-0.39, 0.29) is 0 Å². The van der Waals surface area contributed by atoms with Gasteiger partial charge in [-0.3, -0.25) is 0 Å². The van der Waals surface area contributed by atoms with E-state index in [1.807, 2.05) is 62.5 Å². The van der Waals surface area contributed by atoms with E-state index in [0.29, 0.717) is 11.7 Å². The fourth-order valence-electron chi connectivity index (χ4n) is 2.62. The molecule has 6 heteroatoms. The average Bonchev–Trinajstić information content (AvgIpc) is 2.90. The van der Waals surface area contributed by atoms with Gasteiger partial charge in [-0.25, -0.2) is 15.0 Å². The van der Waals surface area contributed by atoms with Crippen molar-refractivity contribution in [3.05, 3.63) is 66.7 Å². The number of para-hydroxylation sites is 1. The second-order valence-electron chi connectivity index (χ2n) is 5.70. The number of hydrogen-bond acceptors (Lipinski definition) is 5. The summed E-state index contributed by atoms with van der Waals surface area (Å²) < 4.78 is 7.80. The van der Waals surface area contributed by atoms with Crippen LogP contribution in [0.25, 0.3) is 11.0 Å². The number of aryl methyl sites for hydroxylation is 2. The van der Waals surface area contributed by atoms with Crippen LogP contribution in [-0.2, 0) is 7.05 Å². The second-order valence-corrected chi connectivity index (χ2v) is 5.70. The molecule has 0 amide bonds. The number of ether oxygens (including phenoxy) is 1. The fourth-order valence-corrected chi connectivity index (χ4v) is 2.62. The van der Waals surface area contributed by atoms with Gasteiger partial charge in [0, 0.05) is 18.8 Å². The van der Waals surface area contributed by atoms with Crippen LogP contribution in [0.1, 0.15) is 5.82 Å². The van der Waals surface area contributed by atoms with Gasteiger partial charge in [0.1, 0.15) is 23.7 Å². The summed E-state index contributed by atoms with van der Waals surface area (Å²) in [6.45, 7) is 1.99. The standard InChI is InChI=1S/C19H17N5O/c1-13-22-16-10-14(8-9-17(16)24(13)2)23-18-11-19(21-12-20-18)25-15-6-4-3-5-7-15/h3-12H,1-2H3,(H,20,21,23). The van der Waals surface area contributed by atoms with Gasteiger partial charge >= 0.3 is 0 Å². The molecule has 0 atom stereocenters. The van der Waals surface area contributed by atoms with Gasteiger partial charge in [-0.15, -0.1) is 0 Å². The lowest BCUT2D eigenvalue weighted by atomic mass is 10.2. The molecule has 124 valence electrons. The van der Waals surface area contributed by atoms with Crippen molar-refractivity contribution in [1.29, 1.82) is 0 Å². The molecule has 0 aliphatic heterocycles. The lowest BCUT2D eigenvalue weighted by Gasteiger charge is -2.08. The first-order valence-corrected chi connectivity index (χ1v) is 7.94. The van der Waals surface area contributed by atoms with Crippen LogP contribution in [0, 0.1) is 6.92 Å². The molecule has 0 fully saturated rings. The van der Waals surface area contributed by atoms with Gasteiger partial charge in [-0.2, -0.15) is 0 Å². The third-order valence-corrected chi connectivity index (χ3v) is 3.98. The van der Waals surface area contributed by atoms with Crippen molar-refractivity contribution in [3.63, 3.8) is 0 Å². The first-order valence-electron chi connectivity index (χ1n) is 7.94. The number of rotatable bonds is 4. The summed E-state index contributed by atoms with van der Waals surface area (Å²) in [4.78, 5) is 13.0. The molecule has 0 aliphatic rings. The highest BCUT2D eigenvalue weighted by Gasteiger charge is 2.06. The highest BCUT2D eigenvalue weighted by Crippen LogP contribution is 2.24. The third-order valence-electron chi connectivity index (χ3n) is 3.98. The van der Waals surface area contributed by atoms with Gasteiger partial charge in [-0.1, -0.05) is 18.2 Å². The summed E-state index contributed by atoms with van der Waals surface area (Å²) in [7, 11) is 2.01. The largest absolute Gasteiger partial charge is 0.439 e. The normalized spacial score (nSPS) is 10.8. The van der Waals surface area contributed by atoms with Crippen molar-refractivity contribution in [2.24, 2.45) is 7.05 Å². The summed E-state index contributed by atoms with van der Waals surface area (Å²) in [5.74, 6) is 2.86. The topological polar surface area (TPSA) is 64.9 Å². The molecule has 2 aromatic carbocycles. The molecular formula is C19H17N5O. The molecular weight excluding hydrogens is 314 g/mol. The van der Waals surface area contributed by atoms with Crippen LogP contribution in [0.2, 0.25) is 0 Å². The Labute approximate surface area is 145 Å². The SMILES string of the molecule is Cc1nc2cc(Nc3cc(Oc4ccccc4)ncn3)ccc2n1C. The van der Waals surface area contributed by atoms with E-state index < -0.39 is 0 Å². The number of hydrogen-bond donors (Lipinski definition) is 1. The van der Waals surface area contributed by atoms with Gasteiger partial charge in [0.25, 0.3) is 0 Å². The van der Waals surface area contributed by atoms with Crippen LogP contribution < -0.4 is 10.1 Å². The third kappa shape index (κ3) is 3.14. The Bertz CT molecular complexity index is 1030. The van der Waals surface area contributed by atoms with Crippen LogP contribution in [0.3, 0.4) is 0 Å². The van der Waals surface area contributed by atoms with Gasteiger partial charge in [0.2, 0.25) is 5.88 Å². The van der Waals surface area contributed by atoms with Gasteiger partial charge in [0.15, 0.2) is 0 Å². The number of nitrogens with zero attached hydrogens (tertiary/aromatic N) is 4. The van der Waals surface area contributed by atoms with Crippen LogP contribution in [0.4, 0.5) is 11.5 Å². The predicted octanol–water partition coefficient (Wildman–Crippen LogP) is 4.21. The van der Waals surface area contributed by atoms with Crippen molar-refractivity contribution in [2.45, 2.75) is 6.92 Å². The minimum absolute atomic E-state index is 0.485. The highest BCUT2D eigenvalue weighted by molar-refractivity contribution is 5.81. The maximum absolute atomic E-state index is 5.74. The molecule has 4 aromatic rings. The van der Waals surface area contributed by atoms with Gasteiger partial charge < -0.3 is 14.6 Å². The Morgan fingerprint density at radius 1 is 1.00 bits per heavy atom. The monoisotopic (exact) mass is 331 g/mol. The molecule has 2 heterocycles. The lowest BCUT2D eigenvalue weighted by molar-refractivity contribution is 0.462. The van der Waals surface area contributed by atoms with Gasteiger partial charge in [-0.05, 0) is 37.3 Å². The predicted molar refractivity (Wildman–Crippen MR) is 97.3 cm³/mol. The van der Waals surface area contributed by atoms with E-state index in [1.54, 1.807) is 6.07 Å². The number of anilines is 2. The molecule has 0 spiro atoms. The highest BCUT2D eigenvalue weighted by atomic mass is 16.5. The molecule has 0 saturated carbocycles. The van der Waals surface area contributed by atoms with Crippen molar-refractivity contribution in [2.75, 3.05) is 5.32 Å². The Hall–Kier alpha value is -3.41. The molecule has 0 aliphatic carbocycles. The van der Waals surface area contributed by atoms with Crippen molar-refractivity contribution in [1.82, 2.24) is 19.5 Å². The fraction of sp³-hybridized carbons (Fsp3) is 0.105. The molecule has 2 aromatic heterocycles. The van der Waals surface area contributed by atoms with E-state index in [2.05, 4.69) is 24.8 Å². The van der Waals surface area contributed by atoms with E-state index in [0.717, 1.165) is 28.3 Å². The van der Waals surface area contributed by atoms with E-state index in [4.69, 9.17) is 4.74 Å². The number of fused-ring (bicyclic) bond motifs is 1. The molecule has 0 bridgehead atoms. The maximum Gasteiger partial charge on any atom is 0.224 e. The molecule has 0 radical (unpaired) electrons.